The van der Waals surface area contributed by atoms with E-state index in [1.54, 1.807) is 11.3 Å². The molecule has 144 valence electrons. The molecule has 0 spiro atoms. The summed E-state index contributed by atoms with van der Waals surface area (Å²) in [6, 6.07) is 13.9. The minimum atomic E-state index is 0.0761. The standard InChI is InChI=1S/C22H24N4OS/c1-16-6-5-9-19(17(16)2)24-20-8-4-3-7-18(20)21(27)25-11-13-26(14-12-25)22-23-10-15-28-22/h3-10,15,24H,11-14H2,1-2H3. The van der Waals surface area contributed by atoms with Gasteiger partial charge in [0.25, 0.3) is 5.91 Å². The predicted molar refractivity (Wildman–Crippen MR) is 116 cm³/mol. The molecule has 0 bridgehead atoms. The number of nitrogens with one attached hydrogen (secondary N) is 1. The Morgan fingerprint density at radius 3 is 2.50 bits per heavy atom. The Morgan fingerprint density at radius 1 is 1.00 bits per heavy atom. The van der Waals surface area contributed by atoms with Crippen LogP contribution in [0.4, 0.5) is 16.5 Å². The number of hydrogen-bond acceptors (Lipinski definition) is 5. The number of piperazine rings is 1. The Hall–Kier alpha value is -2.86. The van der Waals surface area contributed by atoms with E-state index in [1.807, 2.05) is 46.8 Å². The van der Waals surface area contributed by atoms with Gasteiger partial charge < -0.3 is 15.1 Å². The van der Waals surface area contributed by atoms with Crippen molar-refractivity contribution >= 4 is 33.8 Å². The monoisotopic (exact) mass is 392 g/mol. The number of benzene rings is 2. The zero-order valence-corrected chi connectivity index (χ0v) is 17.0. The molecule has 0 saturated carbocycles. The number of thiazole rings is 1. The molecule has 28 heavy (non-hydrogen) atoms. The van der Waals surface area contributed by atoms with Crippen LogP contribution >= 0.6 is 11.3 Å². The second-order valence-electron chi connectivity index (χ2n) is 7.01. The molecule has 2 heterocycles. The first kappa shape index (κ1) is 18.5. The average molecular weight is 393 g/mol. The zero-order valence-electron chi connectivity index (χ0n) is 16.2. The zero-order chi connectivity index (χ0) is 19.5. The number of rotatable bonds is 4. The SMILES string of the molecule is Cc1cccc(Nc2ccccc2C(=O)N2CCN(c3nccs3)CC2)c1C. The van der Waals surface area contributed by atoms with Gasteiger partial charge >= 0.3 is 0 Å². The molecule has 1 aliphatic rings. The summed E-state index contributed by atoms with van der Waals surface area (Å²) in [7, 11) is 0. The Bertz CT molecular complexity index is 962. The molecule has 2 aromatic carbocycles. The fourth-order valence-electron chi connectivity index (χ4n) is 3.45. The second-order valence-corrected chi connectivity index (χ2v) is 7.88. The Labute approximate surface area is 169 Å². The highest BCUT2D eigenvalue weighted by Gasteiger charge is 2.24. The number of anilines is 3. The lowest BCUT2D eigenvalue weighted by atomic mass is 10.1. The summed E-state index contributed by atoms with van der Waals surface area (Å²) < 4.78 is 0. The number of carbonyl (C=O) groups is 1. The molecule has 1 saturated heterocycles. The molecule has 1 amide bonds. The Morgan fingerprint density at radius 2 is 1.75 bits per heavy atom. The minimum absolute atomic E-state index is 0.0761. The van der Waals surface area contributed by atoms with Crippen molar-refractivity contribution < 1.29 is 4.79 Å². The van der Waals surface area contributed by atoms with Crippen molar-refractivity contribution in [1.29, 1.82) is 0 Å². The number of aromatic nitrogens is 1. The van der Waals surface area contributed by atoms with Gasteiger partial charge in [0, 0.05) is 43.4 Å². The van der Waals surface area contributed by atoms with E-state index in [2.05, 4.69) is 41.2 Å². The predicted octanol–water partition coefficient (Wildman–Crippen LogP) is 4.47. The molecule has 1 aromatic heterocycles. The van der Waals surface area contributed by atoms with Gasteiger partial charge in [-0.25, -0.2) is 4.98 Å². The van der Waals surface area contributed by atoms with Crippen molar-refractivity contribution in [2.75, 3.05) is 36.4 Å². The summed E-state index contributed by atoms with van der Waals surface area (Å²) in [4.78, 5) is 21.8. The molecule has 1 N–H and O–H groups in total. The summed E-state index contributed by atoms with van der Waals surface area (Å²) in [5, 5.41) is 6.49. The molecule has 3 aromatic rings. The van der Waals surface area contributed by atoms with Gasteiger partial charge in [0.15, 0.2) is 5.13 Å². The summed E-state index contributed by atoms with van der Waals surface area (Å²) in [6.07, 6.45) is 1.83. The van der Waals surface area contributed by atoms with Crippen molar-refractivity contribution in [3.05, 3.63) is 70.7 Å². The van der Waals surface area contributed by atoms with Crippen molar-refractivity contribution in [3.63, 3.8) is 0 Å². The van der Waals surface area contributed by atoms with Crippen molar-refractivity contribution in [2.45, 2.75) is 13.8 Å². The van der Waals surface area contributed by atoms with Crippen LogP contribution in [-0.4, -0.2) is 42.0 Å². The average Bonchev–Trinajstić information content (AvgIpc) is 3.26. The van der Waals surface area contributed by atoms with Gasteiger partial charge in [-0.2, -0.15) is 0 Å². The molecule has 0 atom stereocenters. The molecule has 1 fully saturated rings. The summed E-state index contributed by atoms with van der Waals surface area (Å²) in [5.74, 6) is 0.0761. The van der Waals surface area contributed by atoms with E-state index < -0.39 is 0 Å². The van der Waals surface area contributed by atoms with Gasteiger partial charge in [-0.15, -0.1) is 11.3 Å². The minimum Gasteiger partial charge on any atom is -0.355 e. The number of aryl methyl sites for hydroxylation is 1. The van der Waals surface area contributed by atoms with Crippen LogP contribution in [0.1, 0.15) is 21.5 Å². The quantitative estimate of drug-likeness (QED) is 0.712. The van der Waals surface area contributed by atoms with Crippen LogP contribution in [0.5, 0.6) is 0 Å². The molecule has 5 nitrogen and oxygen atoms in total. The van der Waals surface area contributed by atoms with Gasteiger partial charge in [0.05, 0.1) is 11.3 Å². The third-order valence-corrected chi connectivity index (χ3v) is 6.12. The van der Waals surface area contributed by atoms with E-state index >= 15 is 0 Å². The largest absolute Gasteiger partial charge is 0.355 e. The lowest BCUT2D eigenvalue weighted by Gasteiger charge is -2.35. The normalized spacial score (nSPS) is 14.2. The second kappa shape index (κ2) is 8.02. The third kappa shape index (κ3) is 3.73. The molecular weight excluding hydrogens is 368 g/mol. The molecule has 0 unspecified atom stereocenters. The maximum absolute atomic E-state index is 13.2. The van der Waals surface area contributed by atoms with E-state index in [0.29, 0.717) is 18.7 Å². The van der Waals surface area contributed by atoms with Gasteiger partial charge in [-0.1, -0.05) is 24.3 Å². The van der Waals surface area contributed by atoms with Crippen molar-refractivity contribution in [3.8, 4) is 0 Å². The maximum atomic E-state index is 13.2. The topological polar surface area (TPSA) is 48.5 Å². The van der Waals surface area contributed by atoms with Crippen LogP contribution in [0, 0.1) is 13.8 Å². The molecular formula is C22H24N4OS. The van der Waals surface area contributed by atoms with Crippen LogP contribution in [0.15, 0.2) is 54.0 Å². The fraction of sp³-hybridized carbons (Fsp3) is 0.273. The highest BCUT2D eigenvalue weighted by Crippen LogP contribution is 2.27. The number of carbonyl (C=O) groups excluding carboxylic acids is 1. The molecule has 4 rings (SSSR count). The van der Waals surface area contributed by atoms with E-state index in [1.165, 1.54) is 11.1 Å². The lowest BCUT2D eigenvalue weighted by molar-refractivity contribution is 0.0748. The fourth-order valence-corrected chi connectivity index (χ4v) is 4.15. The summed E-state index contributed by atoms with van der Waals surface area (Å²) >= 11 is 1.64. The third-order valence-electron chi connectivity index (χ3n) is 5.29. The van der Waals surface area contributed by atoms with Crippen LogP contribution in [-0.2, 0) is 0 Å². The van der Waals surface area contributed by atoms with E-state index in [0.717, 1.165) is 29.6 Å². The van der Waals surface area contributed by atoms with Gasteiger partial charge in [0.1, 0.15) is 0 Å². The number of amides is 1. The molecule has 0 aliphatic carbocycles. The van der Waals surface area contributed by atoms with Gasteiger partial charge in [0.2, 0.25) is 0 Å². The van der Waals surface area contributed by atoms with E-state index in [4.69, 9.17) is 0 Å². The molecule has 1 aliphatic heterocycles. The highest BCUT2D eigenvalue weighted by atomic mass is 32.1. The molecule has 6 heteroatoms. The maximum Gasteiger partial charge on any atom is 0.256 e. The first-order valence-corrected chi connectivity index (χ1v) is 10.4. The first-order chi connectivity index (χ1) is 13.6. The highest BCUT2D eigenvalue weighted by molar-refractivity contribution is 7.13. The van der Waals surface area contributed by atoms with Crippen LogP contribution in [0.2, 0.25) is 0 Å². The number of hydrogen-bond donors (Lipinski definition) is 1. The van der Waals surface area contributed by atoms with Crippen LogP contribution < -0.4 is 10.2 Å². The van der Waals surface area contributed by atoms with E-state index in [9.17, 15) is 4.79 Å². The van der Waals surface area contributed by atoms with Crippen LogP contribution in [0.3, 0.4) is 0 Å². The Balaban J connectivity index is 1.50. The molecule has 0 radical (unpaired) electrons. The van der Waals surface area contributed by atoms with Crippen molar-refractivity contribution in [1.82, 2.24) is 9.88 Å². The van der Waals surface area contributed by atoms with E-state index in [-0.39, 0.29) is 5.91 Å². The Kier molecular flexibility index (Phi) is 5.30. The van der Waals surface area contributed by atoms with Crippen LogP contribution in [0.25, 0.3) is 0 Å². The van der Waals surface area contributed by atoms with Crippen molar-refractivity contribution in [2.24, 2.45) is 0 Å². The first-order valence-electron chi connectivity index (χ1n) is 9.49. The van der Waals surface area contributed by atoms with Gasteiger partial charge in [-0.3, -0.25) is 4.79 Å². The number of para-hydroxylation sites is 1. The number of nitrogens with zero attached hydrogens (tertiary/aromatic N) is 3. The lowest BCUT2D eigenvalue weighted by Crippen LogP contribution is -2.48. The summed E-state index contributed by atoms with van der Waals surface area (Å²) in [5.41, 5.74) is 5.03. The smallest absolute Gasteiger partial charge is 0.256 e. The summed E-state index contributed by atoms with van der Waals surface area (Å²) in [6.45, 7) is 7.23. The van der Waals surface area contributed by atoms with Gasteiger partial charge in [-0.05, 0) is 43.2 Å².